The third-order valence-corrected chi connectivity index (χ3v) is 3.60. The Hall–Kier alpha value is -2.28. The number of hydrogen-bond donors (Lipinski definition) is 1. The average molecular weight is 350 g/mol. The second-order valence-electron chi connectivity index (χ2n) is 7.02. The Labute approximate surface area is 148 Å². The summed E-state index contributed by atoms with van der Waals surface area (Å²) in [4.78, 5) is 24.9. The van der Waals surface area contributed by atoms with Gasteiger partial charge in [0.05, 0.1) is 12.6 Å². The minimum Gasteiger partial charge on any atom is -0.443 e. The number of carbonyl (C=O) groups is 2. The van der Waals surface area contributed by atoms with Gasteiger partial charge < -0.3 is 14.6 Å². The summed E-state index contributed by atoms with van der Waals surface area (Å²) < 4.78 is 10.7. The molecule has 1 saturated heterocycles. The molecule has 0 radical (unpaired) electrons. The van der Waals surface area contributed by atoms with E-state index in [4.69, 9.17) is 9.47 Å². The molecule has 1 heterocycles. The zero-order valence-corrected chi connectivity index (χ0v) is 15.0. The molecule has 0 bridgehead atoms. The number of nitrogens with zero attached hydrogens (tertiary/aromatic N) is 2. The molecule has 7 heteroatoms. The number of rotatable bonds is 2. The van der Waals surface area contributed by atoms with Crippen molar-refractivity contribution < 1.29 is 24.2 Å². The quantitative estimate of drug-likeness (QED) is 0.887. The van der Waals surface area contributed by atoms with E-state index in [0.29, 0.717) is 12.8 Å². The number of carbonyl (C=O) groups excluding carboxylic acids is 2. The molecule has 2 rings (SSSR count). The van der Waals surface area contributed by atoms with Crippen LogP contribution < -0.4 is 0 Å². The van der Waals surface area contributed by atoms with Crippen molar-refractivity contribution in [2.75, 3.05) is 13.1 Å². The van der Waals surface area contributed by atoms with Crippen LogP contribution in [0, 0.1) is 0 Å². The van der Waals surface area contributed by atoms with E-state index in [1.807, 2.05) is 30.3 Å². The van der Waals surface area contributed by atoms with Crippen molar-refractivity contribution in [1.82, 2.24) is 10.0 Å². The maximum absolute atomic E-state index is 12.5. The van der Waals surface area contributed by atoms with E-state index in [9.17, 15) is 14.7 Å². The minimum absolute atomic E-state index is 0.00708. The molecule has 0 aromatic heterocycles. The topological polar surface area (TPSA) is 79.3 Å². The van der Waals surface area contributed by atoms with Crippen LogP contribution in [0.15, 0.2) is 30.3 Å². The van der Waals surface area contributed by atoms with E-state index in [0.717, 1.165) is 10.6 Å². The molecule has 1 unspecified atom stereocenters. The van der Waals surface area contributed by atoms with E-state index in [2.05, 4.69) is 0 Å². The fourth-order valence-corrected chi connectivity index (χ4v) is 2.46. The van der Waals surface area contributed by atoms with Gasteiger partial charge >= 0.3 is 12.2 Å². The maximum Gasteiger partial charge on any atom is 0.429 e. The normalized spacial score (nSPS) is 18.5. The van der Waals surface area contributed by atoms with Crippen molar-refractivity contribution in [3.8, 4) is 0 Å². The fourth-order valence-electron chi connectivity index (χ4n) is 2.46. The third kappa shape index (κ3) is 5.94. The summed E-state index contributed by atoms with van der Waals surface area (Å²) in [5.74, 6) is 0. The molecule has 1 aromatic rings. The van der Waals surface area contributed by atoms with E-state index in [1.165, 1.54) is 5.01 Å². The van der Waals surface area contributed by atoms with Gasteiger partial charge in [-0.25, -0.2) is 19.6 Å². The van der Waals surface area contributed by atoms with Gasteiger partial charge in [0.25, 0.3) is 0 Å². The Balaban J connectivity index is 2.07. The Morgan fingerprint density at radius 1 is 1.16 bits per heavy atom. The molecule has 1 aliphatic heterocycles. The largest absolute Gasteiger partial charge is 0.443 e. The highest BCUT2D eigenvalue weighted by Crippen LogP contribution is 2.18. The molecular weight excluding hydrogens is 324 g/mol. The van der Waals surface area contributed by atoms with Crippen molar-refractivity contribution in [1.29, 1.82) is 0 Å². The number of ether oxygens (including phenoxy) is 2. The Kier molecular flexibility index (Phi) is 6.25. The maximum atomic E-state index is 12.5. The van der Waals surface area contributed by atoms with Crippen molar-refractivity contribution >= 4 is 12.2 Å². The number of aliphatic hydroxyl groups excluding tert-OH is 1. The summed E-state index contributed by atoms with van der Waals surface area (Å²) in [5.41, 5.74) is 0.164. The molecule has 0 aliphatic carbocycles. The molecule has 1 aromatic carbocycles. The van der Waals surface area contributed by atoms with Gasteiger partial charge in [0, 0.05) is 6.54 Å². The highest BCUT2D eigenvalue weighted by Gasteiger charge is 2.34. The first-order valence-corrected chi connectivity index (χ1v) is 8.43. The summed E-state index contributed by atoms with van der Waals surface area (Å²) in [5, 5.41) is 12.3. The van der Waals surface area contributed by atoms with Gasteiger partial charge in [0.1, 0.15) is 12.2 Å². The number of β-amino-alcohol motifs (C(OH)–C–C–N with tert-alkyl or cyclic N) is 1. The predicted molar refractivity (Wildman–Crippen MR) is 91.5 cm³/mol. The lowest BCUT2D eigenvalue weighted by Crippen LogP contribution is -2.52. The Morgan fingerprint density at radius 2 is 1.84 bits per heavy atom. The number of hydrogen-bond acceptors (Lipinski definition) is 5. The van der Waals surface area contributed by atoms with Crippen LogP contribution in [0.3, 0.4) is 0 Å². The summed E-state index contributed by atoms with van der Waals surface area (Å²) in [6.07, 6.45) is -0.949. The summed E-state index contributed by atoms with van der Waals surface area (Å²) in [7, 11) is 0. The monoisotopic (exact) mass is 350 g/mol. The van der Waals surface area contributed by atoms with Crippen LogP contribution in [0.2, 0.25) is 0 Å². The molecule has 0 spiro atoms. The standard InChI is InChI=1S/C18H26N2O5/c1-18(2,3)25-17(23)19-11-7-10-15(21)12-20(19)16(22)24-13-14-8-5-4-6-9-14/h4-6,8-9,15,21H,7,10-13H2,1-3H3. The van der Waals surface area contributed by atoms with Crippen LogP contribution in [-0.2, 0) is 16.1 Å². The van der Waals surface area contributed by atoms with Gasteiger partial charge in [-0.2, -0.15) is 0 Å². The van der Waals surface area contributed by atoms with Crippen LogP contribution in [0.1, 0.15) is 39.2 Å². The zero-order chi connectivity index (χ0) is 18.4. The minimum atomic E-state index is -0.711. The van der Waals surface area contributed by atoms with Gasteiger partial charge in [0.15, 0.2) is 0 Å². The van der Waals surface area contributed by atoms with Gasteiger partial charge in [-0.15, -0.1) is 0 Å². The second kappa shape index (κ2) is 8.20. The van der Waals surface area contributed by atoms with E-state index < -0.39 is 23.9 Å². The Morgan fingerprint density at radius 3 is 2.48 bits per heavy atom. The predicted octanol–water partition coefficient (Wildman–Crippen LogP) is 2.93. The lowest BCUT2D eigenvalue weighted by Gasteiger charge is -2.34. The van der Waals surface area contributed by atoms with E-state index in [1.54, 1.807) is 20.8 Å². The SMILES string of the molecule is CC(C)(C)OC(=O)N1CCCC(O)CN1C(=O)OCc1ccccc1. The smallest absolute Gasteiger partial charge is 0.429 e. The molecule has 1 atom stereocenters. The number of aliphatic hydroxyl groups is 1. The van der Waals surface area contributed by atoms with Gasteiger partial charge in [-0.05, 0) is 39.2 Å². The molecule has 0 saturated carbocycles. The van der Waals surface area contributed by atoms with E-state index in [-0.39, 0.29) is 19.7 Å². The third-order valence-electron chi connectivity index (χ3n) is 3.60. The van der Waals surface area contributed by atoms with Gasteiger partial charge in [0.2, 0.25) is 0 Å². The highest BCUT2D eigenvalue weighted by molar-refractivity contribution is 5.74. The van der Waals surface area contributed by atoms with Crippen LogP contribution in [0.25, 0.3) is 0 Å². The number of amides is 2. The van der Waals surface area contributed by atoms with Crippen LogP contribution >= 0.6 is 0 Å². The van der Waals surface area contributed by atoms with Gasteiger partial charge in [-0.1, -0.05) is 30.3 Å². The Bertz CT molecular complexity index is 585. The lowest BCUT2D eigenvalue weighted by atomic mass is 10.2. The molecular formula is C18H26N2O5. The molecule has 138 valence electrons. The first-order chi connectivity index (χ1) is 11.8. The van der Waals surface area contributed by atoms with Crippen molar-refractivity contribution in [2.45, 2.75) is 51.9 Å². The summed E-state index contributed by atoms with van der Waals surface area (Å²) in [6.45, 7) is 5.65. The van der Waals surface area contributed by atoms with Crippen molar-refractivity contribution in [2.24, 2.45) is 0 Å². The molecule has 7 nitrogen and oxygen atoms in total. The lowest BCUT2D eigenvalue weighted by molar-refractivity contribution is -0.0520. The molecule has 1 N–H and O–H groups in total. The molecule has 1 aliphatic rings. The molecule has 25 heavy (non-hydrogen) atoms. The number of benzene rings is 1. The number of hydrazine groups is 1. The van der Waals surface area contributed by atoms with Crippen LogP contribution in [0.5, 0.6) is 0 Å². The average Bonchev–Trinajstić information content (AvgIpc) is 2.74. The zero-order valence-electron chi connectivity index (χ0n) is 15.0. The highest BCUT2D eigenvalue weighted by atomic mass is 16.6. The van der Waals surface area contributed by atoms with Crippen molar-refractivity contribution in [3.05, 3.63) is 35.9 Å². The van der Waals surface area contributed by atoms with E-state index >= 15 is 0 Å². The van der Waals surface area contributed by atoms with Crippen LogP contribution in [0.4, 0.5) is 9.59 Å². The molecule has 2 amide bonds. The second-order valence-corrected chi connectivity index (χ2v) is 7.02. The first-order valence-electron chi connectivity index (χ1n) is 8.43. The summed E-state index contributed by atoms with van der Waals surface area (Å²) in [6, 6.07) is 9.27. The first kappa shape index (κ1) is 19.1. The fraction of sp³-hybridized carbons (Fsp3) is 0.556. The van der Waals surface area contributed by atoms with Gasteiger partial charge in [-0.3, -0.25) is 0 Å². The summed E-state index contributed by atoms with van der Waals surface area (Å²) >= 11 is 0. The molecule has 1 fully saturated rings. The van der Waals surface area contributed by atoms with Crippen molar-refractivity contribution in [3.63, 3.8) is 0 Å². The van der Waals surface area contributed by atoms with Crippen LogP contribution in [-0.4, -0.2) is 52.1 Å².